The summed E-state index contributed by atoms with van der Waals surface area (Å²) in [6.45, 7) is 6.90. The van der Waals surface area contributed by atoms with Crippen LogP contribution in [0.2, 0.25) is 0 Å². The molecule has 13 heavy (non-hydrogen) atoms. The highest BCUT2D eigenvalue weighted by Crippen LogP contribution is 2.34. The van der Waals surface area contributed by atoms with Crippen molar-refractivity contribution in [2.75, 3.05) is 0 Å². The SMILES string of the molecule is CCCCC1=CC(C)(CC)CC=C1. The summed E-state index contributed by atoms with van der Waals surface area (Å²) in [4.78, 5) is 0. The van der Waals surface area contributed by atoms with Crippen molar-refractivity contribution in [3.8, 4) is 0 Å². The Hall–Kier alpha value is -0.520. The molecule has 74 valence electrons. The summed E-state index contributed by atoms with van der Waals surface area (Å²) in [6.07, 6.45) is 13.5. The second-order valence-electron chi connectivity index (χ2n) is 4.44. The topological polar surface area (TPSA) is 0 Å². The molecule has 0 saturated carbocycles. The molecule has 0 saturated heterocycles. The number of rotatable bonds is 4. The fraction of sp³-hybridized carbons (Fsp3) is 0.692. The zero-order valence-corrected chi connectivity index (χ0v) is 9.27. The van der Waals surface area contributed by atoms with Gasteiger partial charge in [-0.15, -0.1) is 0 Å². The van der Waals surface area contributed by atoms with Crippen LogP contribution in [-0.4, -0.2) is 0 Å². The molecule has 0 aromatic heterocycles. The summed E-state index contributed by atoms with van der Waals surface area (Å²) in [5.74, 6) is 0. The van der Waals surface area contributed by atoms with Gasteiger partial charge >= 0.3 is 0 Å². The van der Waals surface area contributed by atoms with Gasteiger partial charge in [0.2, 0.25) is 0 Å². The zero-order valence-electron chi connectivity index (χ0n) is 9.27. The summed E-state index contributed by atoms with van der Waals surface area (Å²) in [6, 6.07) is 0. The van der Waals surface area contributed by atoms with Gasteiger partial charge in [-0.05, 0) is 31.1 Å². The molecule has 0 amide bonds. The van der Waals surface area contributed by atoms with Gasteiger partial charge in [0, 0.05) is 0 Å². The molecule has 0 aliphatic heterocycles. The van der Waals surface area contributed by atoms with Gasteiger partial charge in [-0.3, -0.25) is 0 Å². The van der Waals surface area contributed by atoms with Crippen molar-refractivity contribution in [3.05, 3.63) is 23.8 Å². The van der Waals surface area contributed by atoms with Crippen molar-refractivity contribution >= 4 is 0 Å². The molecule has 0 spiro atoms. The van der Waals surface area contributed by atoms with Crippen LogP contribution in [0.3, 0.4) is 0 Å². The minimum atomic E-state index is 0.442. The molecule has 0 nitrogen and oxygen atoms in total. The van der Waals surface area contributed by atoms with Crippen LogP contribution in [0, 0.1) is 5.41 Å². The third-order valence-electron chi connectivity index (χ3n) is 3.08. The lowest BCUT2D eigenvalue weighted by atomic mass is 9.78. The standard InChI is InChI=1S/C13H22/c1-4-6-8-12-9-7-10-13(3,5-2)11-12/h7,9,11H,4-6,8,10H2,1-3H3. The first-order chi connectivity index (χ1) is 6.20. The van der Waals surface area contributed by atoms with Crippen LogP contribution in [0.25, 0.3) is 0 Å². The first kappa shape index (κ1) is 10.6. The lowest BCUT2D eigenvalue weighted by Crippen LogP contribution is -2.13. The third-order valence-corrected chi connectivity index (χ3v) is 3.08. The van der Waals surface area contributed by atoms with Crippen LogP contribution < -0.4 is 0 Å². The minimum Gasteiger partial charge on any atom is -0.0834 e. The molecule has 0 radical (unpaired) electrons. The first-order valence-electron chi connectivity index (χ1n) is 5.58. The Bertz CT molecular complexity index is 210. The zero-order chi connectivity index (χ0) is 9.73. The van der Waals surface area contributed by atoms with E-state index in [9.17, 15) is 0 Å². The van der Waals surface area contributed by atoms with Gasteiger partial charge in [-0.2, -0.15) is 0 Å². The van der Waals surface area contributed by atoms with E-state index < -0.39 is 0 Å². The smallest absolute Gasteiger partial charge is 0.0109 e. The van der Waals surface area contributed by atoms with Gasteiger partial charge < -0.3 is 0 Å². The van der Waals surface area contributed by atoms with Gasteiger partial charge in [-0.25, -0.2) is 0 Å². The van der Waals surface area contributed by atoms with Crippen LogP contribution in [0.15, 0.2) is 23.8 Å². The van der Waals surface area contributed by atoms with Gasteiger partial charge in [-0.1, -0.05) is 51.0 Å². The van der Waals surface area contributed by atoms with Crippen molar-refractivity contribution in [1.29, 1.82) is 0 Å². The number of unbranched alkanes of at least 4 members (excludes halogenated alkanes) is 1. The molecular weight excluding hydrogens is 156 g/mol. The summed E-state index contributed by atoms with van der Waals surface area (Å²) in [7, 11) is 0. The maximum atomic E-state index is 2.49. The van der Waals surface area contributed by atoms with E-state index in [0.717, 1.165) is 0 Å². The quantitative estimate of drug-likeness (QED) is 0.595. The van der Waals surface area contributed by atoms with E-state index in [1.165, 1.54) is 32.1 Å². The molecule has 1 aliphatic carbocycles. The number of allylic oxidation sites excluding steroid dienone is 4. The van der Waals surface area contributed by atoms with Crippen molar-refractivity contribution in [3.63, 3.8) is 0 Å². The van der Waals surface area contributed by atoms with Gasteiger partial charge in [0.1, 0.15) is 0 Å². The van der Waals surface area contributed by atoms with Crippen molar-refractivity contribution in [2.45, 2.75) is 52.9 Å². The second-order valence-corrected chi connectivity index (χ2v) is 4.44. The van der Waals surface area contributed by atoms with Crippen molar-refractivity contribution in [2.24, 2.45) is 5.41 Å². The number of hydrogen-bond acceptors (Lipinski definition) is 0. The van der Waals surface area contributed by atoms with E-state index in [1.807, 2.05) is 0 Å². The van der Waals surface area contributed by atoms with Crippen LogP contribution in [-0.2, 0) is 0 Å². The van der Waals surface area contributed by atoms with Gasteiger partial charge in [0.25, 0.3) is 0 Å². The lowest BCUT2D eigenvalue weighted by Gasteiger charge is -2.27. The highest BCUT2D eigenvalue weighted by Gasteiger charge is 2.20. The van der Waals surface area contributed by atoms with Crippen molar-refractivity contribution < 1.29 is 0 Å². The summed E-state index contributed by atoms with van der Waals surface area (Å²) >= 11 is 0. The van der Waals surface area contributed by atoms with Crippen LogP contribution in [0.4, 0.5) is 0 Å². The number of hydrogen-bond donors (Lipinski definition) is 0. The predicted octanol–water partition coefficient (Wildman–Crippen LogP) is 4.48. The first-order valence-corrected chi connectivity index (χ1v) is 5.58. The summed E-state index contributed by atoms with van der Waals surface area (Å²) < 4.78 is 0. The molecule has 1 rings (SSSR count). The Balaban J connectivity index is 2.58. The Morgan fingerprint density at radius 1 is 1.38 bits per heavy atom. The van der Waals surface area contributed by atoms with E-state index in [2.05, 4.69) is 39.0 Å². The van der Waals surface area contributed by atoms with E-state index in [4.69, 9.17) is 0 Å². The highest BCUT2D eigenvalue weighted by atomic mass is 14.2. The van der Waals surface area contributed by atoms with Crippen LogP contribution >= 0.6 is 0 Å². The molecule has 0 fully saturated rings. The lowest BCUT2D eigenvalue weighted by molar-refractivity contribution is 0.409. The molecular formula is C13H22. The van der Waals surface area contributed by atoms with E-state index in [1.54, 1.807) is 5.57 Å². The molecule has 0 heteroatoms. The molecule has 0 aromatic rings. The predicted molar refractivity (Wildman–Crippen MR) is 59.8 cm³/mol. The third kappa shape index (κ3) is 3.02. The van der Waals surface area contributed by atoms with Crippen LogP contribution in [0.5, 0.6) is 0 Å². The summed E-state index contributed by atoms with van der Waals surface area (Å²) in [5.41, 5.74) is 2.00. The molecule has 1 atom stereocenters. The van der Waals surface area contributed by atoms with E-state index >= 15 is 0 Å². The molecule has 1 unspecified atom stereocenters. The largest absolute Gasteiger partial charge is 0.0834 e. The molecule has 1 aliphatic rings. The Morgan fingerprint density at radius 3 is 2.77 bits per heavy atom. The van der Waals surface area contributed by atoms with E-state index in [-0.39, 0.29) is 0 Å². The maximum Gasteiger partial charge on any atom is -0.0109 e. The fourth-order valence-corrected chi connectivity index (χ4v) is 1.82. The monoisotopic (exact) mass is 178 g/mol. The van der Waals surface area contributed by atoms with Gasteiger partial charge in [0.15, 0.2) is 0 Å². The Morgan fingerprint density at radius 2 is 2.15 bits per heavy atom. The molecule has 0 heterocycles. The minimum absolute atomic E-state index is 0.442. The fourth-order valence-electron chi connectivity index (χ4n) is 1.82. The average molecular weight is 178 g/mol. The maximum absolute atomic E-state index is 2.49. The van der Waals surface area contributed by atoms with Crippen molar-refractivity contribution in [1.82, 2.24) is 0 Å². The Labute approximate surface area is 82.7 Å². The van der Waals surface area contributed by atoms with Crippen LogP contribution in [0.1, 0.15) is 52.9 Å². The molecule has 0 bridgehead atoms. The van der Waals surface area contributed by atoms with Gasteiger partial charge in [0.05, 0.1) is 0 Å². The second kappa shape index (κ2) is 4.64. The normalized spacial score (nSPS) is 27.5. The van der Waals surface area contributed by atoms with E-state index in [0.29, 0.717) is 5.41 Å². The Kier molecular flexibility index (Phi) is 3.77. The molecule has 0 N–H and O–H groups in total. The highest BCUT2D eigenvalue weighted by molar-refractivity contribution is 5.26. The summed E-state index contributed by atoms with van der Waals surface area (Å²) in [5, 5.41) is 0. The molecule has 0 aromatic carbocycles. The average Bonchev–Trinajstić information content (AvgIpc) is 2.15.